The molecule has 20 heavy (non-hydrogen) atoms. The van der Waals surface area contributed by atoms with Crippen molar-refractivity contribution in [2.24, 2.45) is 5.73 Å². The van der Waals surface area contributed by atoms with Crippen molar-refractivity contribution in [1.82, 2.24) is 0 Å². The van der Waals surface area contributed by atoms with Crippen LogP contribution in [0.5, 0.6) is 5.75 Å². The lowest BCUT2D eigenvalue weighted by Crippen LogP contribution is -2.27. The van der Waals surface area contributed by atoms with E-state index in [9.17, 15) is 9.18 Å². The molecule has 1 amide bonds. The van der Waals surface area contributed by atoms with E-state index in [0.717, 1.165) is 0 Å². The maximum absolute atomic E-state index is 13.7. The van der Waals surface area contributed by atoms with Crippen LogP contribution in [0.15, 0.2) is 18.2 Å². The van der Waals surface area contributed by atoms with Gasteiger partial charge in [0.25, 0.3) is 0 Å². The normalized spacial score (nSPS) is 11.1. The van der Waals surface area contributed by atoms with Crippen molar-refractivity contribution in [3.05, 3.63) is 24.0 Å². The van der Waals surface area contributed by atoms with Crippen molar-refractivity contribution in [2.45, 2.75) is 32.8 Å². The summed E-state index contributed by atoms with van der Waals surface area (Å²) in [5.74, 6) is -0.413. The molecule has 112 valence electrons. The highest BCUT2D eigenvalue weighted by Gasteiger charge is 2.16. The maximum atomic E-state index is 13.7. The van der Waals surface area contributed by atoms with Gasteiger partial charge in [-0.2, -0.15) is 0 Å². The summed E-state index contributed by atoms with van der Waals surface area (Å²) in [6, 6.07) is 4.19. The van der Waals surface area contributed by atoms with Gasteiger partial charge in [0.05, 0.1) is 6.61 Å². The van der Waals surface area contributed by atoms with Gasteiger partial charge in [-0.25, -0.2) is 9.18 Å². The van der Waals surface area contributed by atoms with Crippen molar-refractivity contribution in [3.8, 4) is 5.75 Å². The van der Waals surface area contributed by atoms with Gasteiger partial charge in [-0.05, 0) is 45.9 Å². The third-order valence-corrected chi connectivity index (χ3v) is 2.18. The second kappa shape index (κ2) is 7.09. The van der Waals surface area contributed by atoms with Gasteiger partial charge >= 0.3 is 6.09 Å². The first-order chi connectivity index (χ1) is 9.31. The number of nitrogens with two attached hydrogens (primary N) is 1. The van der Waals surface area contributed by atoms with Gasteiger partial charge in [0.15, 0.2) is 11.6 Å². The van der Waals surface area contributed by atoms with E-state index in [1.165, 1.54) is 12.1 Å². The molecule has 0 aliphatic carbocycles. The van der Waals surface area contributed by atoms with Gasteiger partial charge in [-0.1, -0.05) is 0 Å². The molecule has 6 heteroatoms. The number of anilines is 1. The lowest BCUT2D eigenvalue weighted by atomic mass is 10.2. The van der Waals surface area contributed by atoms with E-state index in [2.05, 4.69) is 5.32 Å². The molecule has 0 saturated carbocycles. The number of hydrogen-bond donors (Lipinski definition) is 2. The highest BCUT2D eigenvalue weighted by Crippen LogP contribution is 2.21. The lowest BCUT2D eigenvalue weighted by Gasteiger charge is -2.19. The smallest absolute Gasteiger partial charge is 0.412 e. The number of rotatable bonds is 5. The standard InChI is InChI=1S/C14H21FN2O3/c1-14(2,3)20-13(18)17-10-5-6-12(11(15)9-10)19-8-4-7-16/h5-6,9H,4,7-8,16H2,1-3H3,(H,17,18). The fourth-order valence-electron chi connectivity index (χ4n) is 1.38. The van der Waals surface area contributed by atoms with Crippen LogP contribution in [0.1, 0.15) is 27.2 Å². The van der Waals surface area contributed by atoms with Gasteiger partial charge in [0, 0.05) is 11.8 Å². The molecule has 3 N–H and O–H groups in total. The number of hydrogen-bond acceptors (Lipinski definition) is 4. The first kappa shape index (κ1) is 16.2. The van der Waals surface area contributed by atoms with Gasteiger partial charge < -0.3 is 15.2 Å². The fraction of sp³-hybridized carbons (Fsp3) is 0.500. The van der Waals surface area contributed by atoms with Crippen molar-refractivity contribution >= 4 is 11.8 Å². The highest BCUT2D eigenvalue weighted by atomic mass is 19.1. The number of nitrogens with one attached hydrogen (secondary N) is 1. The number of ether oxygens (including phenoxy) is 2. The molecule has 0 radical (unpaired) electrons. The fourth-order valence-corrected chi connectivity index (χ4v) is 1.38. The summed E-state index contributed by atoms with van der Waals surface area (Å²) in [5, 5.41) is 2.46. The summed E-state index contributed by atoms with van der Waals surface area (Å²) in [6.45, 7) is 6.09. The highest BCUT2D eigenvalue weighted by molar-refractivity contribution is 5.84. The van der Waals surface area contributed by atoms with E-state index < -0.39 is 17.5 Å². The first-order valence-corrected chi connectivity index (χ1v) is 6.44. The van der Waals surface area contributed by atoms with E-state index in [-0.39, 0.29) is 5.75 Å². The molecule has 0 heterocycles. The number of carbonyl (C=O) groups excluding carboxylic acids is 1. The minimum atomic E-state index is -0.631. The van der Waals surface area contributed by atoms with Crippen LogP contribution in [-0.2, 0) is 4.74 Å². The molecule has 0 fully saturated rings. The second-order valence-electron chi connectivity index (χ2n) is 5.26. The van der Waals surface area contributed by atoms with Gasteiger partial charge in [-0.3, -0.25) is 5.32 Å². The number of benzene rings is 1. The van der Waals surface area contributed by atoms with E-state index in [0.29, 0.717) is 25.3 Å². The molecule has 0 saturated heterocycles. The Morgan fingerprint density at radius 1 is 1.40 bits per heavy atom. The molecule has 1 aromatic carbocycles. The molecule has 0 bridgehead atoms. The zero-order valence-corrected chi connectivity index (χ0v) is 12.0. The Balaban J connectivity index is 2.61. The van der Waals surface area contributed by atoms with E-state index in [1.54, 1.807) is 26.8 Å². The van der Waals surface area contributed by atoms with Crippen LogP contribution >= 0.6 is 0 Å². The number of carbonyl (C=O) groups is 1. The summed E-state index contributed by atoms with van der Waals surface area (Å²) < 4.78 is 24.0. The maximum Gasteiger partial charge on any atom is 0.412 e. The molecular formula is C14H21FN2O3. The number of halogens is 1. The molecule has 0 unspecified atom stereocenters. The molecule has 0 aliphatic rings. The van der Waals surface area contributed by atoms with Gasteiger partial charge in [0.1, 0.15) is 5.60 Å². The molecule has 0 spiro atoms. The molecule has 0 aromatic heterocycles. The molecular weight excluding hydrogens is 263 g/mol. The van der Waals surface area contributed by atoms with Crippen LogP contribution in [0.25, 0.3) is 0 Å². The first-order valence-electron chi connectivity index (χ1n) is 6.44. The average molecular weight is 284 g/mol. The van der Waals surface area contributed by atoms with E-state index in [4.69, 9.17) is 15.2 Å². The van der Waals surface area contributed by atoms with Crippen molar-refractivity contribution in [3.63, 3.8) is 0 Å². The zero-order valence-electron chi connectivity index (χ0n) is 12.0. The monoisotopic (exact) mass is 284 g/mol. The predicted octanol–water partition coefficient (Wildman–Crippen LogP) is 2.90. The Morgan fingerprint density at radius 3 is 2.65 bits per heavy atom. The summed E-state index contributed by atoms with van der Waals surface area (Å²) >= 11 is 0. The third-order valence-electron chi connectivity index (χ3n) is 2.18. The molecule has 1 aromatic rings. The summed E-state index contributed by atoms with van der Waals surface area (Å²) in [6.07, 6.45) is 0.0193. The van der Waals surface area contributed by atoms with Crippen molar-refractivity contribution < 1.29 is 18.7 Å². The third kappa shape index (κ3) is 5.88. The van der Waals surface area contributed by atoms with Crippen LogP contribution in [0.4, 0.5) is 14.9 Å². The minimum absolute atomic E-state index is 0.133. The largest absolute Gasteiger partial charge is 0.490 e. The Morgan fingerprint density at radius 2 is 2.10 bits per heavy atom. The summed E-state index contributed by atoms with van der Waals surface area (Å²) in [7, 11) is 0. The van der Waals surface area contributed by atoms with Crippen LogP contribution in [0.3, 0.4) is 0 Å². The summed E-state index contributed by atoms with van der Waals surface area (Å²) in [4.78, 5) is 11.5. The molecule has 5 nitrogen and oxygen atoms in total. The lowest BCUT2D eigenvalue weighted by molar-refractivity contribution is 0.0636. The second-order valence-corrected chi connectivity index (χ2v) is 5.26. The van der Waals surface area contributed by atoms with E-state index >= 15 is 0 Å². The van der Waals surface area contributed by atoms with Crippen molar-refractivity contribution in [1.29, 1.82) is 0 Å². The topological polar surface area (TPSA) is 73.6 Å². The van der Waals surface area contributed by atoms with Gasteiger partial charge in [0.2, 0.25) is 0 Å². The predicted molar refractivity (Wildman–Crippen MR) is 75.4 cm³/mol. The SMILES string of the molecule is CC(C)(C)OC(=O)Nc1ccc(OCCCN)c(F)c1. The molecule has 1 rings (SSSR count). The molecule has 0 atom stereocenters. The Labute approximate surface area is 118 Å². The van der Waals surface area contributed by atoms with Gasteiger partial charge in [-0.15, -0.1) is 0 Å². The minimum Gasteiger partial charge on any atom is -0.490 e. The van der Waals surface area contributed by atoms with Crippen LogP contribution in [0, 0.1) is 5.82 Å². The quantitative estimate of drug-likeness (QED) is 0.815. The zero-order chi connectivity index (χ0) is 15.2. The van der Waals surface area contributed by atoms with E-state index in [1.807, 2.05) is 0 Å². The van der Waals surface area contributed by atoms with Crippen LogP contribution in [0.2, 0.25) is 0 Å². The Bertz CT molecular complexity index is 458. The number of amides is 1. The summed E-state index contributed by atoms with van der Waals surface area (Å²) in [5.41, 5.74) is 5.03. The van der Waals surface area contributed by atoms with Crippen molar-refractivity contribution in [2.75, 3.05) is 18.5 Å². The van der Waals surface area contributed by atoms with Crippen LogP contribution < -0.4 is 15.8 Å². The average Bonchev–Trinajstić information content (AvgIpc) is 2.29. The Hall–Kier alpha value is -1.82. The molecule has 0 aliphatic heterocycles. The Kier molecular flexibility index (Phi) is 5.76. The van der Waals surface area contributed by atoms with Crippen LogP contribution in [-0.4, -0.2) is 24.8 Å².